The molecule has 2 saturated heterocycles. The van der Waals surface area contributed by atoms with E-state index in [9.17, 15) is 0 Å². The van der Waals surface area contributed by atoms with Crippen LogP contribution in [0, 0.1) is 11.8 Å². The molecule has 20 heavy (non-hydrogen) atoms. The van der Waals surface area contributed by atoms with Gasteiger partial charge < -0.3 is 5.73 Å². The minimum Gasteiger partial charge on any atom is -0.313 e. The van der Waals surface area contributed by atoms with Gasteiger partial charge in [0.25, 0.3) is 0 Å². The molecule has 0 amide bonds. The summed E-state index contributed by atoms with van der Waals surface area (Å²) >= 11 is 0. The van der Waals surface area contributed by atoms with Crippen LogP contribution in [0.5, 0.6) is 0 Å². The summed E-state index contributed by atoms with van der Waals surface area (Å²) in [6, 6.07) is 10.8. The fraction of sp³-hybridized carbons (Fsp3) is 0.625. The highest BCUT2D eigenvalue weighted by Gasteiger charge is 2.49. The Morgan fingerprint density at radius 2 is 1.95 bits per heavy atom. The second-order valence-electron chi connectivity index (χ2n) is 6.06. The number of benzene rings is 1. The second-order valence-corrected chi connectivity index (χ2v) is 6.06. The van der Waals surface area contributed by atoms with Crippen LogP contribution in [0.2, 0.25) is 0 Å². The molecule has 2 aliphatic heterocycles. The molecule has 3 atom stereocenters. The fourth-order valence-electron chi connectivity index (χ4n) is 4.01. The van der Waals surface area contributed by atoms with Crippen LogP contribution in [-0.4, -0.2) is 23.7 Å². The summed E-state index contributed by atoms with van der Waals surface area (Å²) in [6.07, 6.45) is 4.98. The SMILES string of the molecule is Br.Br.CCN1CC2CCC1(N)C(Cc1ccccc1)C2. The molecule has 3 aliphatic rings. The van der Waals surface area contributed by atoms with Crippen LogP contribution in [0.15, 0.2) is 30.3 Å². The van der Waals surface area contributed by atoms with Crippen molar-refractivity contribution in [1.29, 1.82) is 0 Å². The van der Waals surface area contributed by atoms with E-state index in [0.717, 1.165) is 18.9 Å². The maximum absolute atomic E-state index is 6.77. The van der Waals surface area contributed by atoms with E-state index in [2.05, 4.69) is 42.2 Å². The average Bonchev–Trinajstić information content (AvgIpc) is 2.41. The van der Waals surface area contributed by atoms with Crippen molar-refractivity contribution in [2.24, 2.45) is 17.6 Å². The molecule has 2 nitrogen and oxygen atoms in total. The van der Waals surface area contributed by atoms with Gasteiger partial charge in [-0.2, -0.15) is 0 Å². The lowest BCUT2D eigenvalue weighted by molar-refractivity contribution is -0.0747. The third kappa shape index (κ3) is 3.29. The smallest absolute Gasteiger partial charge is 0.0719 e. The number of nitrogens with zero attached hydrogens (tertiary/aromatic N) is 1. The van der Waals surface area contributed by atoms with Crippen molar-refractivity contribution in [3.8, 4) is 0 Å². The minimum atomic E-state index is -0.0423. The van der Waals surface area contributed by atoms with Crippen LogP contribution < -0.4 is 5.73 Å². The largest absolute Gasteiger partial charge is 0.313 e. The molecule has 4 heteroatoms. The summed E-state index contributed by atoms with van der Waals surface area (Å²) in [6.45, 7) is 4.56. The van der Waals surface area contributed by atoms with Gasteiger partial charge >= 0.3 is 0 Å². The minimum absolute atomic E-state index is 0. The summed E-state index contributed by atoms with van der Waals surface area (Å²) in [5.74, 6) is 1.51. The van der Waals surface area contributed by atoms with Gasteiger partial charge in [-0.15, -0.1) is 34.0 Å². The van der Waals surface area contributed by atoms with Crippen LogP contribution in [0.3, 0.4) is 0 Å². The number of fused-ring (bicyclic) bond motifs is 3. The van der Waals surface area contributed by atoms with E-state index in [1.165, 1.54) is 31.4 Å². The number of nitrogens with two attached hydrogens (primary N) is 1. The fourth-order valence-corrected chi connectivity index (χ4v) is 4.01. The molecular weight excluding hydrogens is 380 g/mol. The third-order valence-corrected chi connectivity index (χ3v) is 5.05. The monoisotopic (exact) mass is 404 g/mol. The number of rotatable bonds is 3. The highest BCUT2D eigenvalue weighted by Crippen LogP contribution is 2.44. The Bertz CT molecular complexity index is 412. The van der Waals surface area contributed by atoms with Crippen molar-refractivity contribution in [2.75, 3.05) is 13.1 Å². The molecule has 1 aromatic carbocycles. The summed E-state index contributed by atoms with van der Waals surface area (Å²) < 4.78 is 0. The molecule has 1 aromatic rings. The lowest BCUT2D eigenvalue weighted by Crippen LogP contribution is -2.68. The Balaban J connectivity index is 0.000001000. The van der Waals surface area contributed by atoms with Crippen LogP contribution in [-0.2, 0) is 6.42 Å². The number of halogens is 2. The Hall–Kier alpha value is 0.1000. The Morgan fingerprint density at radius 1 is 1.25 bits per heavy atom. The summed E-state index contributed by atoms with van der Waals surface area (Å²) in [5, 5.41) is 0. The van der Waals surface area contributed by atoms with Gasteiger partial charge in [0.1, 0.15) is 0 Å². The third-order valence-electron chi connectivity index (χ3n) is 5.05. The molecule has 1 aliphatic carbocycles. The Labute approximate surface area is 143 Å². The van der Waals surface area contributed by atoms with Gasteiger partial charge in [-0.3, -0.25) is 4.90 Å². The van der Waals surface area contributed by atoms with Crippen molar-refractivity contribution in [3.05, 3.63) is 35.9 Å². The van der Waals surface area contributed by atoms with Crippen molar-refractivity contribution in [2.45, 2.75) is 38.3 Å². The molecule has 3 fully saturated rings. The van der Waals surface area contributed by atoms with Gasteiger partial charge in [0.05, 0.1) is 5.66 Å². The molecule has 114 valence electrons. The summed E-state index contributed by atoms with van der Waals surface area (Å²) in [4.78, 5) is 2.53. The highest BCUT2D eigenvalue weighted by molar-refractivity contribution is 8.93. The van der Waals surface area contributed by atoms with Crippen LogP contribution in [0.1, 0.15) is 31.7 Å². The molecule has 1 saturated carbocycles. The van der Waals surface area contributed by atoms with E-state index in [1.54, 1.807) is 0 Å². The first-order chi connectivity index (χ1) is 8.72. The van der Waals surface area contributed by atoms with Gasteiger partial charge in [-0.1, -0.05) is 37.3 Å². The van der Waals surface area contributed by atoms with Gasteiger partial charge in [0.15, 0.2) is 0 Å². The lowest BCUT2D eigenvalue weighted by atomic mass is 9.67. The predicted molar refractivity (Wildman–Crippen MR) is 95.8 cm³/mol. The maximum atomic E-state index is 6.77. The van der Waals surface area contributed by atoms with E-state index >= 15 is 0 Å². The van der Waals surface area contributed by atoms with E-state index < -0.39 is 0 Å². The molecular formula is C16H26Br2N2. The van der Waals surface area contributed by atoms with Crippen molar-refractivity contribution >= 4 is 34.0 Å². The number of hydrogen-bond donors (Lipinski definition) is 1. The van der Waals surface area contributed by atoms with Crippen LogP contribution in [0.25, 0.3) is 0 Å². The van der Waals surface area contributed by atoms with Gasteiger partial charge in [-0.05, 0) is 49.6 Å². The molecule has 3 unspecified atom stereocenters. The average molecular weight is 406 g/mol. The second kappa shape index (κ2) is 7.39. The first-order valence-electron chi connectivity index (χ1n) is 7.30. The summed E-state index contributed by atoms with van der Waals surface area (Å²) in [5.41, 5.74) is 8.17. The molecule has 2 heterocycles. The normalized spacial score (nSPS) is 32.3. The van der Waals surface area contributed by atoms with Gasteiger partial charge in [0.2, 0.25) is 0 Å². The van der Waals surface area contributed by atoms with Crippen LogP contribution >= 0.6 is 34.0 Å². The van der Waals surface area contributed by atoms with E-state index in [1.807, 2.05) is 0 Å². The molecule has 4 rings (SSSR count). The first-order valence-corrected chi connectivity index (χ1v) is 7.30. The summed E-state index contributed by atoms with van der Waals surface area (Å²) in [7, 11) is 0. The zero-order chi connectivity index (χ0) is 12.6. The van der Waals surface area contributed by atoms with Crippen molar-refractivity contribution in [3.63, 3.8) is 0 Å². The van der Waals surface area contributed by atoms with Gasteiger partial charge in [-0.25, -0.2) is 0 Å². The number of hydrogen-bond acceptors (Lipinski definition) is 2. The zero-order valence-corrected chi connectivity index (χ0v) is 15.6. The van der Waals surface area contributed by atoms with E-state index in [4.69, 9.17) is 5.73 Å². The van der Waals surface area contributed by atoms with E-state index in [-0.39, 0.29) is 39.6 Å². The highest BCUT2D eigenvalue weighted by atomic mass is 79.9. The van der Waals surface area contributed by atoms with Crippen LogP contribution in [0.4, 0.5) is 0 Å². The lowest BCUT2D eigenvalue weighted by Gasteiger charge is -2.57. The molecule has 2 N–H and O–H groups in total. The zero-order valence-electron chi connectivity index (χ0n) is 12.1. The Morgan fingerprint density at radius 3 is 2.60 bits per heavy atom. The topological polar surface area (TPSA) is 29.3 Å². The van der Waals surface area contributed by atoms with Crippen molar-refractivity contribution in [1.82, 2.24) is 4.90 Å². The predicted octanol–water partition coefficient (Wildman–Crippen LogP) is 3.79. The molecule has 2 bridgehead atoms. The quantitative estimate of drug-likeness (QED) is 0.828. The number of piperidine rings is 2. The Kier molecular flexibility index (Phi) is 6.71. The van der Waals surface area contributed by atoms with Crippen molar-refractivity contribution < 1.29 is 0 Å². The molecule has 0 aromatic heterocycles. The van der Waals surface area contributed by atoms with Gasteiger partial charge in [0, 0.05) is 6.54 Å². The molecule has 0 radical (unpaired) electrons. The standard InChI is InChI=1S/C16H24N2.2BrH/c1-2-18-12-14-8-9-16(18,17)15(11-14)10-13-6-4-3-5-7-13;;/h3-7,14-15H,2,8-12,17H2,1H3;2*1H. The first kappa shape index (κ1) is 18.1. The van der Waals surface area contributed by atoms with E-state index in [0.29, 0.717) is 5.92 Å². The maximum Gasteiger partial charge on any atom is 0.0719 e. The molecule has 0 spiro atoms.